The van der Waals surface area contributed by atoms with Crippen molar-refractivity contribution in [3.63, 3.8) is 0 Å². The van der Waals surface area contributed by atoms with Crippen LogP contribution < -0.4 is 9.47 Å². The molecule has 2 unspecified atom stereocenters. The van der Waals surface area contributed by atoms with Gasteiger partial charge in [0, 0.05) is 12.3 Å². The number of nitrogens with zero attached hydrogens (tertiary/aromatic N) is 1. The van der Waals surface area contributed by atoms with Gasteiger partial charge < -0.3 is 23.3 Å². The van der Waals surface area contributed by atoms with Gasteiger partial charge in [0.1, 0.15) is 11.5 Å². The number of ether oxygens (including phenoxy) is 3. The number of hydrogen-bond acceptors (Lipinski definition) is 8. The van der Waals surface area contributed by atoms with Crippen molar-refractivity contribution in [3.05, 3.63) is 48.2 Å². The van der Waals surface area contributed by atoms with Crippen LogP contribution in [0.3, 0.4) is 0 Å². The quantitative estimate of drug-likeness (QED) is 0.287. The van der Waals surface area contributed by atoms with Gasteiger partial charge in [-0.05, 0) is 58.0 Å². The minimum Gasteiger partial charge on any atom is -0.479 e. The zero-order valence-corrected chi connectivity index (χ0v) is 19.4. The van der Waals surface area contributed by atoms with Crippen LogP contribution in [0.25, 0.3) is 0 Å². The molecule has 0 amide bonds. The smallest absolute Gasteiger partial charge is 0.417 e. The van der Waals surface area contributed by atoms with E-state index >= 15 is 0 Å². The topological polar surface area (TPSA) is 93.2 Å². The van der Waals surface area contributed by atoms with Crippen LogP contribution in [0.2, 0.25) is 0 Å². The third-order valence-corrected chi connectivity index (χ3v) is 6.34. The summed E-state index contributed by atoms with van der Waals surface area (Å²) in [6, 6.07) is 7.96. The number of aromatic nitrogens is 1. The highest BCUT2D eigenvalue weighted by Gasteiger charge is 2.36. The Labute approximate surface area is 189 Å². The number of carbonyl (C=O) groups excluding carboxylic acids is 1. The molecule has 0 saturated heterocycles. The summed E-state index contributed by atoms with van der Waals surface area (Å²) in [7, 11) is -3.62. The lowest BCUT2D eigenvalue weighted by Crippen LogP contribution is -2.29. The van der Waals surface area contributed by atoms with Gasteiger partial charge in [-0.3, -0.25) is 4.57 Å². The van der Waals surface area contributed by atoms with E-state index in [9.17, 15) is 22.5 Å². The molecule has 182 valence electrons. The molecule has 2 aromatic rings. The van der Waals surface area contributed by atoms with Crippen LogP contribution in [0.15, 0.2) is 42.6 Å². The number of esters is 1. The van der Waals surface area contributed by atoms with E-state index in [1.807, 2.05) is 0 Å². The molecule has 1 heterocycles. The fraction of sp³-hybridized carbons (Fsp3) is 0.429. The van der Waals surface area contributed by atoms with E-state index < -0.39 is 37.3 Å². The minimum atomic E-state index is -4.48. The Morgan fingerprint density at radius 1 is 1.00 bits per heavy atom. The molecular formula is C21H25F3NO7P. The van der Waals surface area contributed by atoms with Crippen LogP contribution in [0.1, 0.15) is 33.3 Å². The molecule has 0 radical (unpaired) electrons. The highest BCUT2D eigenvalue weighted by Crippen LogP contribution is 2.53. The van der Waals surface area contributed by atoms with Crippen LogP contribution in [-0.4, -0.2) is 36.1 Å². The lowest BCUT2D eigenvalue weighted by atomic mass is 10.3. The molecule has 12 heteroatoms. The molecule has 0 aliphatic rings. The van der Waals surface area contributed by atoms with Crippen molar-refractivity contribution in [2.45, 2.75) is 45.8 Å². The largest absolute Gasteiger partial charge is 0.479 e. The maximum Gasteiger partial charge on any atom is 0.417 e. The molecule has 1 aromatic heterocycles. The molecule has 0 spiro atoms. The van der Waals surface area contributed by atoms with Gasteiger partial charge in [-0.25, -0.2) is 9.78 Å². The number of alkyl halides is 3. The van der Waals surface area contributed by atoms with Gasteiger partial charge in [-0.1, -0.05) is 0 Å². The van der Waals surface area contributed by atoms with Crippen molar-refractivity contribution in [1.29, 1.82) is 0 Å². The summed E-state index contributed by atoms with van der Waals surface area (Å²) >= 11 is 0. The SMILES string of the molecule is CCOP(=O)(OCC)C(C)OC(=O)C(C)Oc1ccc(Oc2ccc(C(F)(F)F)cn2)cc1. The third-order valence-electron chi connectivity index (χ3n) is 4.10. The molecule has 0 aliphatic heterocycles. The number of rotatable bonds is 11. The predicted molar refractivity (Wildman–Crippen MR) is 112 cm³/mol. The maximum atomic E-state index is 12.6. The average Bonchev–Trinajstić information content (AvgIpc) is 2.75. The second-order valence-electron chi connectivity index (χ2n) is 6.63. The zero-order valence-electron chi connectivity index (χ0n) is 18.5. The molecule has 0 bridgehead atoms. The molecule has 1 aromatic carbocycles. The van der Waals surface area contributed by atoms with Crippen LogP contribution in [0, 0.1) is 0 Å². The van der Waals surface area contributed by atoms with Gasteiger partial charge in [-0.2, -0.15) is 13.2 Å². The van der Waals surface area contributed by atoms with E-state index in [-0.39, 0.29) is 19.1 Å². The predicted octanol–water partition coefficient (Wildman–Crippen LogP) is 5.82. The van der Waals surface area contributed by atoms with E-state index in [0.29, 0.717) is 17.7 Å². The van der Waals surface area contributed by atoms with E-state index in [4.69, 9.17) is 23.3 Å². The Bertz CT molecular complexity index is 942. The Hall–Kier alpha value is -2.62. The minimum absolute atomic E-state index is 0.0179. The van der Waals surface area contributed by atoms with Gasteiger partial charge in [0.15, 0.2) is 11.9 Å². The van der Waals surface area contributed by atoms with Gasteiger partial charge in [0.2, 0.25) is 5.88 Å². The molecule has 2 atom stereocenters. The van der Waals surface area contributed by atoms with Crippen LogP contribution in [-0.2, 0) is 29.3 Å². The number of pyridine rings is 1. The van der Waals surface area contributed by atoms with E-state index in [0.717, 1.165) is 12.1 Å². The van der Waals surface area contributed by atoms with Gasteiger partial charge in [0.25, 0.3) is 0 Å². The van der Waals surface area contributed by atoms with Gasteiger partial charge in [-0.15, -0.1) is 0 Å². The number of benzene rings is 1. The summed E-state index contributed by atoms with van der Waals surface area (Å²) in [6.07, 6.45) is -4.84. The second kappa shape index (κ2) is 11.5. The lowest BCUT2D eigenvalue weighted by molar-refractivity contribution is -0.153. The van der Waals surface area contributed by atoms with Crippen molar-refractivity contribution in [2.24, 2.45) is 0 Å². The fourth-order valence-corrected chi connectivity index (χ4v) is 3.95. The summed E-state index contributed by atoms with van der Waals surface area (Å²) in [4.78, 5) is 16.0. The Morgan fingerprint density at radius 2 is 1.58 bits per heavy atom. The molecule has 0 N–H and O–H groups in total. The Balaban J connectivity index is 1.94. The first-order valence-corrected chi connectivity index (χ1v) is 11.7. The van der Waals surface area contributed by atoms with Crippen molar-refractivity contribution in [3.8, 4) is 17.4 Å². The summed E-state index contributed by atoms with van der Waals surface area (Å²) < 4.78 is 76.9. The second-order valence-corrected chi connectivity index (χ2v) is 8.95. The first kappa shape index (κ1) is 26.6. The van der Waals surface area contributed by atoms with Crippen LogP contribution in [0.4, 0.5) is 13.2 Å². The summed E-state index contributed by atoms with van der Waals surface area (Å²) in [6.45, 7) is 6.42. The molecule has 0 aliphatic carbocycles. The van der Waals surface area contributed by atoms with E-state index in [1.165, 1.54) is 38.1 Å². The molecule has 2 rings (SSSR count). The number of halogens is 3. The summed E-state index contributed by atoms with van der Waals surface area (Å²) in [5.74, 6) is -1.31. The zero-order chi connectivity index (χ0) is 24.6. The molecule has 33 heavy (non-hydrogen) atoms. The molecule has 8 nitrogen and oxygen atoms in total. The maximum absolute atomic E-state index is 12.6. The highest BCUT2D eigenvalue weighted by atomic mass is 31.2. The Kier molecular flexibility index (Phi) is 9.27. The molecular weight excluding hydrogens is 466 g/mol. The van der Waals surface area contributed by atoms with Crippen molar-refractivity contribution in [2.75, 3.05) is 13.2 Å². The Morgan fingerprint density at radius 3 is 2.06 bits per heavy atom. The first-order valence-electron chi connectivity index (χ1n) is 10.1. The van der Waals surface area contributed by atoms with Gasteiger partial charge >= 0.3 is 19.7 Å². The summed E-state index contributed by atoms with van der Waals surface area (Å²) in [5.41, 5.74) is -0.882. The van der Waals surface area contributed by atoms with Crippen LogP contribution in [0.5, 0.6) is 17.4 Å². The third kappa shape index (κ3) is 7.73. The van der Waals surface area contributed by atoms with Crippen molar-refractivity contribution < 1.29 is 45.8 Å². The average molecular weight is 491 g/mol. The van der Waals surface area contributed by atoms with Crippen molar-refractivity contribution in [1.82, 2.24) is 4.98 Å². The van der Waals surface area contributed by atoms with Gasteiger partial charge in [0.05, 0.1) is 18.8 Å². The standard InChI is InChI=1S/C21H25F3NO7P/c1-5-28-33(27,29-6-2)15(4)31-20(26)14(3)30-17-8-10-18(11-9-17)32-19-12-7-16(13-25-19)21(22,23)24/h7-15H,5-6H2,1-4H3. The number of carbonyl (C=O) groups is 1. The molecule has 0 saturated carbocycles. The monoisotopic (exact) mass is 491 g/mol. The normalized spacial score (nSPS) is 13.8. The van der Waals surface area contributed by atoms with Crippen LogP contribution >= 0.6 is 7.60 Å². The van der Waals surface area contributed by atoms with Crippen molar-refractivity contribution >= 4 is 13.6 Å². The summed E-state index contributed by atoms with van der Waals surface area (Å²) in [5, 5.41) is 0. The first-order chi connectivity index (χ1) is 15.5. The number of hydrogen-bond donors (Lipinski definition) is 0. The van der Waals surface area contributed by atoms with E-state index in [2.05, 4.69) is 4.98 Å². The van der Waals surface area contributed by atoms with E-state index in [1.54, 1.807) is 13.8 Å². The molecule has 0 fully saturated rings. The lowest BCUT2D eigenvalue weighted by Gasteiger charge is -2.24. The highest BCUT2D eigenvalue weighted by molar-refractivity contribution is 7.54. The fourth-order valence-electron chi connectivity index (χ4n) is 2.50.